The van der Waals surface area contributed by atoms with Crippen LogP contribution in [0.15, 0.2) is 132 Å². The molecule has 2 aromatic heterocycles. The summed E-state index contributed by atoms with van der Waals surface area (Å²) in [5, 5.41) is 11.2. The summed E-state index contributed by atoms with van der Waals surface area (Å²) in [4.78, 5) is 0. The number of para-hydroxylation sites is 2. The van der Waals surface area contributed by atoms with Crippen molar-refractivity contribution in [2.75, 3.05) is 0 Å². The predicted octanol–water partition coefficient (Wildman–Crippen LogP) is 9.28. The van der Waals surface area contributed by atoms with Crippen LogP contribution in [0, 0.1) is 0 Å². The van der Waals surface area contributed by atoms with Crippen LogP contribution in [-0.2, 0) is 0 Å². The molecule has 1 atom stereocenters. The topological polar surface area (TPSA) is 53.1 Å². The van der Waals surface area contributed by atoms with Crippen LogP contribution in [0.3, 0.4) is 0 Å². The summed E-state index contributed by atoms with van der Waals surface area (Å²) in [6.07, 6.45) is 1.71. The minimum absolute atomic E-state index is 0.119. The number of hydrogen-bond donors (Lipinski definition) is 0. The second kappa shape index (κ2) is 10.3. The fourth-order valence-electron chi connectivity index (χ4n) is 5.31. The molecule has 0 aliphatic rings. The molecule has 41 heavy (non-hydrogen) atoms. The van der Waals surface area contributed by atoms with Crippen LogP contribution in [0.4, 0.5) is 0 Å². The van der Waals surface area contributed by atoms with E-state index in [-0.39, 0.29) is 6.10 Å². The van der Waals surface area contributed by atoms with Crippen LogP contribution in [0.1, 0.15) is 24.2 Å². The van der Waals surface area contributed by atoms with Crippen molar-refractivity contribution in [1.29, 1.82) is 0 Å². The van der Waals surface area contributed by atoms with E-state index in [0.29, 0.717) is 11.8 Å². The molecule has 1 unspecified atom stereocenters. The van der Waals surface area contributed by atoms with E-state index >= 15 is 0 Å². The molecule has 0 fully saturated rings. The highest BCUT2D eigenvalue weighted by Gasteiger charge is 2.16. The van der Waals surface area contributed by atoms with Gasteiger partial charge >= 0.3 is 0 Å². The molecule has 0 aliphatic heterocycles. The van der Waals surface area contributed by atoms with Gasteiger partial charge < -0.3 is 13.7 Å². The Kier molecular flexibility index (Phi) is 6.17. The van der Waals surface area contributed by atoms with E-state index in [0.717, 1.165) is 44.7 Å². The molecule has 5 aromatic carbocycles. The number of rotatable bonds is 7. The zero-order valence-corrected chi connectivity index (χ0v) is 22.6. The summed E-state index contributed by atoms with van der Waals surface area (Å²) in [7, 11) is 0. The highest BCUT2D eigenvalue weighted by Crippen LogP contribution is 2.34. The highest BCUT2D eigenvalue weighted by molar-refractivity contribution is 6.09. The average molecular weight is 534 g/mol. The monoisotopic (exact) mass is 533 g/mol. The molecular weight excluding hydrogens is 506 g/mol. The standard InChI is InChI=1S/C36H27N3O2/c1-3-25-18-20-26(21-19-25)24(2)40-30-13-9-11-28(23-30)36-38-37-35(41-36)27-10-8-12-29(22-27)39-33-16-6-4-14-31(33)32-15-5-7-17-34(32)39/h3-24H,1H2,2H3. The Morgan fingerprint density at radius 2 is 1.32 bits per heavy atom. The molecular formula is C36H27N3O2. The van der Waals surface area contributed by atoms with Crippen molar-refractivity contribution in [1.82, 2.24) is 14.8 Å². The van der Waals surface area contributed by atoms with E-state index in [1.165, 1.54) is 10.8 Å². The van der Waals surface area contributed by atoms with E-state index in [4.69, 9.17) is 9.15 Å². The maximum absolute atomic E-state index is 6.24. The largest absolute Gasteiger partial charge is 0.486 e. The van der Waals surface area contributed by atoms with Crippen molar-refractivity contribution in [3.05, 3.63) is 139 Å². The smallest absolute Gasteiger partial charge is 0.248 e. The van der Waals surface area contributed by atoms with Gasteiger partial charge in [-0.1, -0.05) is 85.5 Å². The van der Waals surface area contributed by atoms with Crippen LogP contribution >= 0.6 is 0 Å². The third-order valence-electron chi connectivity index (χ3n) is 7.39. The van der Waals surface area contributed by atoms with E-state index in [2.05, 4.69) is 94.1 Å². The third-order valence-corrected chi connectivity index (χ3v) is 7.39. The van der Waals surface area contributed by atoms with Gasteiger partial charge in [0.05, 0.1) is 11.0 Å². The molecule has 7 aromatic rings. The minimum atomic E-state index is -0.119. The van der Waals surface area contributed by atoms with Gasteiger partial charge in [-0.3, -0.25) is 0 Å². The van der Waals surface area contributed by atoms with Gasteiger partial charge in [0.15, 0.2) is 0 Å². The first-order valence-corrected chi connectivity index (χ1v) is 13.6. The van der Waals surface area contributed by atoms with Crippen molar-refractivity contribution >= 4 is 27.9 Å². The molecule has 0 aliphatic carbocycles. The molecule has 0 saturated carbocycles. The molecule has 5 heteroatoms. The Balaban J connectivity index is 1.18. The summed E-state index contributed by atoms with van der Waals surface area (Å²) in [5.74, 6) is 1.64. The SMILES string of the molecule is C=Cc1ccc(C(C)Oc2cccc(-c3nnc(-c4cccc(-n5c6ccccc6c6ccccc65)c4)o3)c2)cc1. The van der Waals surface area contributed by atoms with Crippen LogP contribution in [0.25, 0.3) is 56.5 Å². The van der Waals surface area contributed by atoms with E-state index in [9.17, 15) is 0 Å². The van der Waals surface area contributed by atoms with Crippen molar-refractivity contribution in [2.45, 2.75) is 13.0 Å². The summed E-state index contributed by atoms with van der Waals surface area (Å²) >= 11 is 0. The summed E-state index contributed by atoms with van der Waals surface area (Å²) < 4.78 is 14.7. The molecule has 5 nitrogen and oxygen atoms in total. The van der Waals surface area contributed by atoms with Crippen LogP contribution in [0.2, 0.25) is 0 Å². The van der Waals surface area contributed by atoms with Gasteiger partial charge in [-0.25, -0.2) is 0 Å². The lowest BCUT2D eigenvalue weighted by molar-refractivity contribution is 0.227. The van der Waals surface area contributed by atoms with Gasteiger partial charge in [0.2, 0.25) is 11.8 Å². The Hall–Kier alpha value is -5.42. The van der Waals surface area contributed by atoms with Crippen molar-refractivity contribution in [3.63, 3.8) is 0 Å². The third kappa shape index (κ3) is 4.57. The van der Waals surface area contributed by atoms with Crippen molar-refractivity contribution in [2.24, 2.45) is 0 Å². The number of ether oxygens (including phenoxy) is 1. The molecule has 0 saturated heterocycles. The lowest BCUT2D eigenvalue weighted by Gasteiger charge is -2.15. The Labute approximate surface area is 238 Å². The number of benzene rings is 5. The normalized spacial score (nSPS) is 12.0. The second-order valence-corrected chi connectivity index (χ2v) is 9.99. The molecule has 0 amide bonds. The number of hydrogen-bond acceptors (Lipinski definition) is 4. The molecule has 7 rings (SSSR count). The number of fused-ring (bicyclic) bond motifs is 3. The summed E-state index contributed by atoms with van der Waals surface area (Å²) in [6.45, 7) is 5.85. The molecule has 2 heterocycles. The number of aromatic nitrogens is 3. The molecule has 0 spiro atoms. The first kappa shape index (κ1) is 24.6. The average Bonchev–Trinajstić information content (AvgIpc) is 3.65. The van der Waals surface area contributed by atoms with Gasteiger partial charge in [0.25, 0.3) is 0 Å². The Morgan fingerprint density at radius 1 is 0.707 bits per heavy atom. The molecule has 198 valence electrons. The maximum atomic E-state index is 6.24. The number of nitrogens with zero attached hydrogens (tertiary/aromatic N) is 3. The fraction of sp³-hybridized carbons (Fsp3) is 0.0556. The second-order valence-electron chi connectivity index (χ2n) is 9.99. The van der Waals surface area contributed by atoms with Gasteiger partial charge in [-0.2, -0.15) is 0 Å². The zero-order valence-electron chi connectivity index (χ0n) is 22.6. The Morgan fingerprint density at radius 3 is 1.98 bits per heavy atom. The van der Waals surface area contributed by atoms with Gasteiger partial charge in [-0.15, -0.1) is 10.2 Å². The van der Waals surface area contributed by atoms with Gasteiger partial charge in [0, 0.05) is 27.6 Å². The van der Waals surface area contributed by atoms with Crippen LogP contribution in [0.5, 0.6) is 5.75 Å². The van der Waals surface area contributed by atoms with E-state index in [1.54, 1.807) is 0 Å². The van der Waals surface area contributed by atoms with Crippen molar-refractivity contribution < 1.29 is 9.15 Å². The van der Waals surface area contributed by atoms with E-state index < -0.39 is 0 Å². The Bertz CT molecular complexity index is 1960. The van der Waals surface area contributed by atoms with Gasteiger partial charge in [0.1, 0.15) is 11.9 Å². The molecule has 0 N–H and O–H groups in total. The quantitative estimate of drug-likeness (QED) is 0.205. The van der Waals surface area contributed by atoms with Gasteiger partial charge in [-0.05, 0) is 66.6 Å². The molecule has 0 bridgehead atoms. The first-order valence-electron chi connectivity index (χ1n) is 13.6. The predicted molar refractivity (Wildman–Crippen MR) is 165 cm³/mol. The highest BCUT2D eigenvalue weighted by atomic mass is 16.5. The first-order chi connectivity index (χ1) is 20.2. The summed E-state index contributed by atoms with van der Waals surface area (Å²) in [5.41, 5.74) is 7.16. The molecule has 0 radical (unpaired) electrons. The van der Waals surface area contributed by atoms with Crippen molar-refractivity contribution in [3.8, 4) is 34.3 Å². The van der Waals surface area contributed by atoms with E-state index in [1.807, 2.05) is 61.5 Å². The lowest BCUT2D eigenvalue weighted by atomic mass is 10.1. The fourth-order valence-corrected chi connectivity index (χ4v) is 5.31. The van der Waals surface area contributed by atoms with Crippen LogP contribution < -0.4 is 4.74 Å². The minimum Gasteiger partial charge on any atom is -0.486 e. The lowest BCUT2D eigenvalue weighted by Crippen LogP contribution is -2.03. The zero-order chi connectivity index (χ0) is 27.8. The summed E-state index contributed by atoms with van der Waals surface area (Å²) in [6, 6.07) is 41.1. The van der Waals surface area contributed by atoms with Crippen LogP contribution in [-0.4, -0.2) is 14.8 Å². The maximum Gasteiger partial charge on any atom is 0.248 e.